The molecule has 1 heterocycles. The Hall–Kier alpha value is -3.37. The van der Waals surface area contributed by atoms with E-state index in [0.717, 1.165) is 12.1 Å². The molecule has 7 nitrogen and oxygen atoms in total. The van der Waals surface area contributed by atoms with Crippen LogP contribution in [0.3, 0.4) is 0 Å². The lowest BCUT2D eigenvalue weighted by Crippen LogP contribution is -2.41. The van der Waals surface area contributed by atoms with Gasteiger partial charge in [-0.25, -0.2) is 4.39 Å². The predicted molar refractivity (Wildman–Crippen MR) is 117 cm³/mol. The summed E-state index contributed by atoms with van der Waals surface area (Å²) in [5.74, 6) is -0.134. The van der Waals surface area contributed by atoms with Crippen molar-refractivity contribution in [3.05, 3.63) is 64.0 Å². The molecule has 1 aliphatic rings. The SMILES string of the molecule is O=C(NCCCCOc1ccc(F)cc1)C1CCN(c2ccc(C(F)(F)F)cc2[N+](=O)[O-])CC1. The second-order valence-electron chi connectivity index (χ2n) is 8.02. The van der Waals surface area contributed by atoms with E-state index >= 15 is 0 Å². The highest BCUT2D eigenvalue weighted by Crippen LogP contribution is 2.37. The number of nitrogens with one attached hydrogen (secondary N) is 1. The zero-order chi connectivity index (χ0) is 24.7. The third kappa shape index (κ3) is 6.82. The maximum atomic E-state index is 12.9. The summed E-state index contributed by atoms with van der Waals surface area (Å²) in [6.07, 6.45) is -2.38. The highest BCUT2D eigenvalue weighted by molar-refractivity contribution is 5.79. The number of rotatable bonds is 9. The number of carbonyl (C=O) groups excluding carboxylic acids is 1. The Bertz CT molecular complexity index is 991. The first kappa shape index (κ1) is 25.3. The molecule has 2 aromatic carbocycles. The molecule has 1 N–H and O–H groups in total. The molecule has 0 bridgehead atoms. The highest BCUT2D eigenvalue weighted by atomic mass is 19.4. The summed E-state index contributed by atoms with van der Waals surface area (Å²) in [4.78, 5) is 24.6. The van der Waals surface area contributed by atoms with Crippen LogP contribution in [0, 0.1) is 21.8 Å². The monoisotopic (exact) mass is 483 g/mol. The molecule has 11 heteroatoms. The first-order chi connectivity index (χ1) is 16.1. The van der Waals surface area contributed by atoms with Gasteiger partial charge in [0.25, 0.3) is 5.69 Å². The zero-order valence-electron chi connectivity index (χ0n) is 18.3. The van der Waals surface area contributed by atoms with Gasteiger partial charge in [-0.3, -0.25) is 14.9 Å². The summed E-state index contributed by atoms with van der Waals surface area (Å²) in [6, 6.07) is 8.23. The average molecular weight is 483 g/mol. The van der Waals surface area contributed by atoms with Gasteiger partial charge in [-0.15, -0.1) is 0 Å². The van der Waals surface area contributed by atoms with E-state index in [0.29, 0.717) is 63.7 Å². The number of benzene rings is 2. The Kier molecular flexibility index (Phi) is 8.30. The predicted octanol–water partition coefficient (Wildman–Crippen LogP) is 4.94. The number of unbranched alkanes of at least 4 members (excludes halogenated alkanes) is 1. The van der Waals surface area contributed by atoms with Crippen molar-refractivity contribution >= 4 is 17.3 Å². The largest absolute Gasteiger partial charge is 0.494 e. The average Bonchev–Trinajstić information content (AvgIpc) is 2.81. The van der Waals surface area contributed by atoms with Crippen LogP contribution in [-0.4, -0.2) is 37.1 Å². The van der Waals surface area contributed by atoms with Gasteiger partial charge in [0.15, 0.2) is 0 Å². The van der Waals surface area contributed by atoms with Crippen molar-refractivity contribution in [2.75, 3.05) is 31.1 Å². The number of nitrogens with zero attached hydrogens (tertiary/aromatic N) is 2. The molecule has 0 atom stereocenters. The number of nitro benzene ring substituents is 1. The second-order valence-corrected chi connectivity index (χ2v) is 8.02. The van der Waals surface area contributed by atoms with Crippen molar-refractivity contribution in [3.63, 3.8) is 0 Å². The summed E-state index contributed by atoms with van der Waals surface area (Å²) in [5, 5.41) is 14.2. The van der Waals surface area contributed by atoms with Crippen LogP contribution in [0.2, 0.25) is 0 Å². The summed E-state index contributed by atoms with van der Waals surface area (Å²) >= 11 is 0. The normalized spacial score (nSPS) is 14.6. The van der Waals surface area contributed by atoms with Gasteiger partial charge >= 0.3 is 6.18 Å². The Morgan fingerprint density at radius 2 is 1.79 bits per heavy atom. The van der Waals surface area contributed by atoms with Gasteiger partial charge in [0, 0.05) is 31.6 Å². The van der Waals surface area contributed by atoms with Gasteiger partial charge in [0.05, 0.1) is 17.1 Å². The van der Waals surface area contributed by atoms with E-state index in [9.17, 15) is 32.5 Å². The second kappa shape index (κ2) is 11.2. The van der Waals surface area contributed by atoms with Crippen molar-refractivity contribution in [1.82, 2.24) is 5.32 Å². The molecule has 2 aromatic rings. The molecule has 1 aliphatic heterocycles. The number of ether oxygens (including phenoxy) is 1. The van der Waals surface area contributed by atoms with Gasteiger partial charge in [-0.1, -0.05) is 0 Å². The van der Waals surface area contributed by atoms with E-state index in [4.69, 9.17) is 4.74 Å². The van der Waals surface area contributed by atoms with Gasteiger partial charge in [0.2, 0.25) is 5.91 Å². The molecule has 0 unspecified atom stereocenters. The van der Waals surface area contributed by atoms with Crippen LogP contribution < -0.4 is 15.0 Å². The highest BCUT2D eigenvalue weighted by Gasteiger charge is 2.34. The summed E-state index contributed by atoms with van der Waals surface area (Å²) in [5.41, 5.74) is -1.54. The number of halogens is 4. The molecule has 1 amide bonds. The fraction of sp³-hybridized carbons (Fsp3) is 0.435. The van der Waals surface area contributed by atoms with Crippen molar-refractivity contribution in [2.45, 2.75) is 31.9 Å². The number of anilines is 1. The maximum Gasteiger partial charge on any atom is 0.416 e. The van der Waals surface area contributed by atoms with Crippen molar-refractivity contribution in [1.29, 1.82) is 0 Å². The molecule has 0 aliphatic carbocycles. The van der Waals surface area contributed by atoms with E-state index in [-0.39, 0.29) is 23.3 Å². The Morgan fingerprint density at radius 1 is 1.12 bits per heavy atom. The van der Waals surface area contributed by atoms with Crippen molar-refractivity contribution in [2.24, 2.45) is 5.92 Å². The van der Waals surface area contributed by atoms with Crippen LogP contribution in [0.4, 0.5) is 28.9 Å². The summed E-state index contributed by atoms with van der Waals surface area (Å²) in [7, 11) is 0. The Balaban J connectivity index is 1.41. The quantitative estimate of drug-likeness (QED) is 0.236. The smallest absolute Gasteiger partial charge is 0.416 e. The molecule has 34 heavy (non-hydrogen) atoms. The van der Waals surface area contributed by atoms with E-state index < -0.39 is 22.4 Å². The molecule has 184 valence electrons. The molecule has 0 aromatic heterocycles. The first-order valence-corrected chi connectivity index (χ1v) is 10.9. The standard InChI is InChI=1S/C23H25F4N3O4/c24-18-4-6-19(7-5-18)34-14-2-1-11-28-22(31)16-9-12-29(13-10-16)20-8-3-17(23(25,26)27)15-21(20)30(32)33/h3-8,15-16H,1-2,9-14H2,(H,28,31). The van der Waals surface area contributed by atoms with Crippen molar-refractivity contribution in [3.8, 4) is 5.75 Å². The van der Waals surface area contributed by atoms with E-state index in [2.05, 4.69) is 5.32 Å². The van der Waals surface area contributed by atoms with E-state index in [1.807, 2.05) is 0 Å². The van der Waals surface area contributed by atoms with Gasteiger partial charge in [-0.05, 0) is 62.1 Å². The third-order valence-corrected chi connectivity index (χ3v) is 5.66. The Labute approximate surface area is 193 Å². The molecular weight excluding hydrogens is 458 g/mol. The lowest BCUT2D eigenvalue weighted by molar-refractivity contribution is -0.384. The van der Waals surface area contributed by atoms with E-state index in [1.54, 1.807) is 17.0 Å². The van der Waals surface area contributed by atoms with Crippen LogP contribution in [-0.2, 0) is 11.0 Å². The van der Waals surface area contributed by atoms with Crippen LogP contribution in [0.5, 0.6) is 5.75 Å². The summed E-state index contributed by atoms with van der Waals surface area (Å²) < 4.78 is 57.1. The molecule has 0 saturated carbocycles. The molecule has 1 fully saturated rings. The minimum atomic E-state index is -4.67. The van der Waals surface area contributed by atoms with Gasteiger partial charge < -0.3 is 15.0 Å². The molecule has 3 rings (SSSR count). The lowest BCUT2D eigenvalue weighted by atomic mass is 9.95. The molecular formula is C23H25F4N3O4. The number of hydrogen-bond donors (Lipinski definition) is 1. The number of alkyl halides is 3. The number of nitro groups is 1. The fourth-order valence-corrected chi connectivity index (χ4v) is 3.80. The lowest BCUT2D eigenvalue weighted by Gasteiger charge is -2.32. The number of amides is 1. The number of carbonyl (C=O) groups is 1. The van der Waals surface area contributed by atoms with Crippen molar-refractivity contribution < 1.29 is 32.0 Å². The zero-order valence-corrected chi connectivity index (χ0v) is 18.3. The molecule has 0 radical (unpaired) electrons. The number of piperidine rings is 1. The van der Waals surface area contributed by atoms with Gasteiger partial charge in [0.1, 0.15) is 17.3 Å². The maximum absolute atomic E-state index is 12.9. The minimum absolute atomic E-state index is 0.110. The minimum Gasteiger partial charge on any atom is -0.494 e. The van der Waals surface area contributed by atoms with Crippen LogP contribution in [0.15, 0.2) is 42.5 Å². The fourth-order valence-electron chi connectivity index (χ4n) is 3.80. The van der Waals surface area contributed by atoms with Crippen LogP contribution >= 0.6 is 0 Å². The molecule has 1 saturated heterocycles. The van der Waals surface area contributed by atoms with Crippen LogP contribution in [0.25, 0.3) is 0 Å². The topological polar surface area (TPSA) is 84.7 Å². The molecule has 0 spiro atoms. The first-order valence-electron chi connectivity index (χ1n) is 10.9. The Morgan fingerprint density at radius 3 is 2.41 bits per heavy atom. The third-order valence-electron chi connectivity index (χ3n) is 5.66. The van der Waals surface area contributed by atoms with Gasteiger partial charge in [-0.2, -0.15) is 13.2 Å². The number of hydrogen-bond acceptors (Lipinski definition) is 5. The van der Waals surface area contributed by atoms with Crippen LogP contribution in [0.1, 0.15) is 31.2 Å². The summed E-state index contributed by atoms with van der Waals surface area (Å²) in [6.45, 7) is 1.56. The van der Waals surface area contributed by atoms with E-state index in [1.165, 1.54) is 12.1 Å².